The number of nitro groups is 1. The first-order valence-electron chi connectivity index (χ1n) is 5.31. The van der Waals surface area contributed by atoms with Crippen molar-refractivity contribution in [3.8, 4) is 11.5 Å². The molecule has 1 aromatic heterocycles. The molecule has 0 radical (unpaired) electrons. The second kappa shape index (κ2) is 4.89. The van der Waals surface area contributed by atoms with Crippen LogP contribution in [0.4, 0.5) is 15.9 Å². The van der Waals surface area contributed by atoms with Crippen molar-refractivity contribution < 1.29 is 14.1 Å². The van der Waals surface area contributed by atoms with Crippen molar-refractivity contribution in [2.45, 2.75) is 6.92 Å². The van der Waals surface area contributed by atoms with Crippen molar-refractivity contribution >= 4 is 11.5 Å². The number of hydrogen-bond donors (Lipinski definition) is 1. The molecule has 1 heterocycles. The number of nitrogens with two attached hydrogens (primary N) is 1. The number of rotatable bonds is 3. The number of nitrogens with zero attached hydrogens (tertiary/aromatic N) is 2. The Kier molecular flexibility index (Phi) is 3.28. The lowest BCUT2D eigenvalue weighted by Gasteiger charge is -2.08. The lowest BCUT2D eigenvalue weighted by Crippen LogP contribution is -1.96. The summed E-state index contributed by atoms with van der Waals surface area (Å²) in [6.45, 7) is 1.51. The number of pyridine rings is 1. The molecule has 0 spiro atoms. The molecule has 98 valence electrons. The maximum absolute atomic E-state index is 13.7. The largest absolute Gasteiger partial charge is 0.454 e. The number of nitrogen functional groups attached to an aromatic ring is 1. The molecule has 0 bridgehead atoms. The molecule has 0 amide bonds. The van der Waals surface area contributed by atoms with E-state index in [1.807, 2.05) is 0 Å². The molecule has 19 heavy (non-hydrogen) atoms. The molecule has 0 aliphatic heterocycles. The Morgan fingerprint density at radius 1 is 1.42 bits per heavy atom. The molecule has 0 aliphatic carbocycles. The molecule has 0 unspecified atom stereocenters. The number of aromatic nitrogens is 1. The SMILES string of the molecule is Cc1cc(Oc2ccnc(N)c2)c(F)cc1[N+](=O)[O-]. The normalized spacial score (nSPS) is 10.2. The van der Waals surface area contributed by atoms with Crippen LogP contribution in [0.3, 0.4) is 0 Å². The number of anilines is 1. The maximum Gasteiger partial charge on any atom is 0.275 e. The molecule has 0 saturated heterocycles. The van der Waals surface area contributed by atoms with Gasteiger partial charge in [-0.2, -0.15) is 0 Å². The molecule has 0 atom stereocenters. The summed E-state index contributed by atoms with van der Waals surface area (Å²) < 4.78 is 19.0. The minimum Gasteiger partial charge on any atom is -0.454 e. The van der Waals surface area contributed by atoms with E-state index in [4.69, 9.17) is 10.5 Å². The van der Waals surface area contributed by atoms with E-state index in [1.165, 1.54) is 31.3 Å². The average molecular weight is 263 g/mol. The molecule has 0 fully saturated rings. The lowest BCUT2D eigenvalue weighted by molar-refractivity contribution is -0.385. The zero-order valence-electron chi connectivity index (χ0n) is 9.96. The fourth-order valence-electron chi connectivity index (χ4n) is 1.54. The van der Waals surface area contributed by atoms with Crippen LogP contribution in [0.25, 0.3) is 0 Å². The van der Waals surface area contributed by atoms with Gasteiger partial charge in [-0.05, 0) is 19.1 Å². The van der Waals surface area contributed by atoms with Gasteiger partial charge in [-0.25, -0.2) is 9.37 Å². The molecule has 6 nitrogen and oxygen atoms in total. The highest BCUT2D eigenvalue weighted by Gasteiger charge is 2.16. The first-order valence-corrected chi connectivity index (χ1v) is 5.31. The number of benzene rings is 1. The fourth-order valence-corrected chi connectivity index (χ4v) is 1.54. The zero-order chi connectivity index (χ0) is 14.0. The highest BCUT2D eigenvalue weighted by atomic mass is 19.1. The first kappa shape index (κ1) is 12.7. The highest BCUT2D eigenvalue weighted by Crippen LogP contribution is 2.30. The maximum atomic E-state index is 13.7. The van der Waals surface area contributed by atoms with Gasteiger partial charge in [0.2, 0.25) is 0 Å². The smallest absolute Gasteiger partial charge is 0.275 e. The predicted molar refractivity (Wildman–Crippen MR) is 66.5 cm³/mol. The molecule has 1 aromatic carbocycles. The number of ether oxygens (including phenoxy) is 1. The molecule has 7 heteroatoms. The van der Waals surface area contributed by atoms with Crippen LogP contribution in [0.15, 0.2) is 30.5 Å². The standard InChI is InChI=1S/C12H10FN3O3/c1-7-4-11(9(13)6-10(7)16(17)18)19-8-2-3-15-12(14)5-8/h2-6H,1H3,(H2,14,15). The Bertz CT molecular complexity index is 646. The summed E-state index contributed by atoms with van der Waals surface area (Å²) in [5.41, 5.74) is 5.49. The number of halogens is 1. The molecule has 0 aliphatic rings. The van der Waals surface area contributed by atoms with Crippen LogP contribution in [0.1, 0.15) is 5.56 Å². The van der Waals surface area contributed by atoms with Gasteiger partial charge in [0.05, 0.1) is 11.0 Å². The van der Waals surface area contributed by atoms with E-state index in [9.17, 15) is 14.5 Å². The van der Waals surface area contributed by atoms with Gasteiger partial charge in [0.25, 0.3) is 5.69 Å². The number of aryl methyl sites for hydroxylation is 1. The van der Waals surface area contributed by atoms with Crippen molar-refractivity contribution in [1.82, 2.24) is 4.98 Å². The zero-order valence-corrected chi connectivity index (χ0v) is 9.96. The van der Waals surface area contributed by atoms with E-state index < -0.39 is 10.7 Å². The second-order valence-corrected chi connectivity index (χ2v) is 3.84. The summed E-state index contributed by atoms with van der Waals surface area (Å²) in [4.78, 5) is 13.8. The van der Waals surface area contributed by atoms with Crippen LogP contribution in [0.2, 0.25) is 0 Å². The molecule has 2 N–H and O–H groups in total. The second-order valence-electron chi connectivity index (χ2n) is 3.84. The summed E-state index contributed by atoms with van der Waals surface area (Å²) in [5.74, 6) is -0.377. The first-order chi connectivity index (χ1) is 8.97. The Hall–Kier alpha value is -2.70. The monoisotopic (exact) mass is 263 g/mol. The minimum absolute atomic E-state index is 0.103. The van der Waals surface area contributed by atoms with Gasteiger partial charge < -0.3 is 10.5 Å². The third-order valence-electron chi connectivity index (χ3n) is 2.43. The van der Waals surface area contributed by atoms with E-state index in [-0.39, 0.29) is 17.3 Å². The number of hydrogen-bond acceptors (Lipinski definition) is 5. The van der Waals surface area contributed by atoms with E-state index >= 15 is 0 Å². The van der Waals surface area contributed by atoms with Crippen LogP contribution in [-0.4, -0.2) is 9.91 Å². The Labute approximate surface area is 107 Å². The van der Waals surface area contributed by atoms with Gasteiger partial charge in [-0.15, -0.1) is 0 Å². The molecule has 2 aromatic rings. The van der Waals surface area contributed by atoms with Gasteiger partial charge in [-0.1, -0.05) is 0 Å². The molecule has 2 rings (SSSR count). The quantitative estimate of drug-likeness (QED) is 0.679. The Balaban J connectivity index is 2.36. The van der Waals surface area contributed by atoms with Gasteiger partial charge in [0, 0.05) is 17.8 Å². The topological polar surface area (TPSA) is 91.3 Å². The van der Waals surface area contributed by atoms with E-state index in [0.717, 1.165) is 6.07 Å². The van der Waals surface area contributed by atoms with E-state index in [1.54, 1.807) is 0 Å². The lowest BCUT2D eigenvalue weighted by atomic mass is 10.2. The van der Waals surface area contributed by atoms with Crippen molar-refractivity contribution in [2.75, 3.05) is 5.73 Å². The summed E-state index contributed by atoms with van der Waals surface area (Å²) in [7, 11) is 0. The van der Waals surface area contributed by atoms with Crippen molar-refractivity contribution in [3.63, 3.8) is 0 Å². The highest BCUT2D eigenvalue weighted by molar-refractivity contribution is 5.47. The Morgan fingerprint density at radius 3 is 2.79 bits per heavy atom. The van der Waals surface area contributed by atoms with Crippen molar-refractivity contribution in [1.29, 1.82) is 0 Å². The summed E-state index contributed by atoms with van der Waals surface area (Å²) in [6.07, 6.45) is 1.42. The number of nitro benzene ring substituents is 1. The van der Waals surface area contributed by atoms with Crippen LogP contribution < -0.4 is 10.5 Å². The van der Waals surface area contributed by atoms with Crippen LogP contribution in [0, 0.1) is 22.9 Å². The summed E-state index contributed by atoms with van der Waals surface area (Å²) >= 11 is 0. The summed E-state index contributed by atoms with van der Waals surface area (Å²) in [6, 6.07) is 5.03. The van der Waals surface area contributed by atoms with Gasteiger partial charge >= 0.3 is 0 Å². The third kappa shape index (κ3) is 2.76. The Morgan fingerprint density at radius 2 is 2.16 bits per heavy atom. The predicted octanol–water partition coefficient (Wildman–Crippen LogP) is 2.81. The van der Waals surface area contributed by atoms with Crippen LogP contribution in [0.5, 0.6) is 11.5 Å². The molecular weight excluding hydrogens is 253 g/mol. The van der Waals surface area contributed by atoms with Gasteiger partial charge in [0.1, 0.15) is 11.6 Å². The van der Waals surface area contributed by atoms with Gasteiger partial charge in [-0.3, -0.25) is 10.1 Å². The van der Waals surface area contributed by atoms with Crippen LogP contribution in [-0.2, 0) is 0 Å². The van der Waals surface area contributed by atoms with Crippen LogP contribution >= 0.6 is 0 Å². The minimum atomic E-state index is -0.812. The van der Waals surface area contributed by atoms with Gasteiger partial charge in [0.15, 0.2) is 11.6 Å². The average Bonchev–Trinajstić information content (AvgIpc) is 2.33. The van der Waals surface area contributed by atoms with E-state index in [0.29, 0.717) is 11.3 Å². The summed E-state index contributed by atoms with van der Waals surface area (Å²) in [5, 5.41) is 10.7. The fraction of sp³-hybridized carbons (Fsp3) is 0.0833. The van der Waals surface area contributed by atoms with E-state index in [2.05, 4.69) is 4.98 Å². The molecule has 0 saturated carbocycles. The van der Waals surface area contributed by atoms with Crippen molar-refractivity contribution in [3.05, 3.63) is 52.0 Å². The third-order valence-corrected chi connectivity index (χ3v) is 2.43. The molecular formula is C12H10FN3O3. The van der Waals surface area contributed by atoms with Crippen molar-refractivity contribution in [2.24, 2.45) is 0 Å².